The van der Waals surface area contributed by atoms with Crippen LogP contribution in [0, 0.1) is 0 Å². The Morgan fingerprint density at radius 1 is 0.375 bits per heavy atom. The van der Waals surface area contributed by atoms with Gasteiger partial charge in [0.25, 0.3) is 0 Å². The maximum atomic E-state index is 6.50. The zero-order chi connectivity index (χ0) is 31.3. The van der Waals surface area contributed by atoms with Gasteiger partial charge in [-0.3, -0.25) is 0 Å². The van der Waals surface area contributed by atoms with Crippen molar-refractivity contribution in [1.29, 1.82) is 0 Å². The van der Waals surface area contributed by atoms with E-state index in [9.17, 15) is 0 Å². The van der Waals surface area contributed by atoms with Gasteiger partial charge in [0.2, 0.25) is 0 Å². The Kier molecular flexibility index (Phi) is 5.45. The Morgan fingerprint density at radius 2 is 1.02 bits per heavy atom. The van der Waals surface area contributed by atoms with Crippen LogP contribution in [0.25, 0.3) is 83.8 Å². The van der Waals surface area contributed by atoms with Gasteiger partial charge in [0, 0.05) is 74.2 Å². The summed E-state index contributed by atoms with van der Waals surface area (Å²) in [5.41, 5.74) is 5.10. The summed E-state index contributed by atoms with van der Waals surface area (Å²) < 4.78 is 11.8. The number of rotatable bonds is 3. The molecule has 11 rings (SSSR count). The van der Waals surface area contributed by atoms with Crippen LogP contribution in [-0.2, 0) is 0 Å². The van der Waals surface area contributed by atoms with Gasteiger partial charge in [-0.1, -0.05) is 84.9 Å². The number of para-hydroxylation sites is 1. The first-order valence-electron chi connectivity index (χ1n) is 16.2. The van der Waals surface area contributed by atoms with Crippen molar-refractivity contribution in [3.05, 3.63) is 152 Å². The lowest BCUT2D eigenvalue weighted by molar-refractivity contribution is 0.669. The summed E-state index contributed by atoms with van der Waals surface area (Å²) in [4.78, 5) is 2.34. The highest BCUT2D eigenvalue weighted by Gasteiger charge is 2.19. The van der Waals surface area contributed by atoms with Crippen molar-refractivity contribution in [3.63, 3.8) is 0 Å². The number of anilines is 3. The topological polar surface area (TPSA) is 16.4 Å². The smallest absolute Gasteiger partial charge is 0.137 e. The van der Waals surface area contributed by atoms with Crippen LogP contribution < -0.4 is 4.90 Å². The minimum atomic E-state index is 0.890. The summed E-state index contributed by atoms with van der Waals surface area (Å²) >= 11 is 3.79. The quantitative estimate of drug-likeness (QED) is 0.190. The molecule has 0 unspecified atom stereocenters. The van der Waals surface area contributed by atoms with Crippen molar-refractivity contribution in [2.75, 3.05) is 4.90 Å². The molecule has 0 aliphatic rings. The Morgan fingerprint density at radius 3 is 1.88 bits per heavy atom. The zero-order valence-corrected chi connectivity index (χ0v) is 27.2. The van der Waals surface area contributed by atoms with Gasteiger partial charge in [-0.15, -0.1) is 22.7 Å². The Hall–Kier alpha value is -5.68. The number of hydrogen-bond donors (Lipinski definition) is 0. The van der Waals surface area contributed by atoms with Crippen LogP contribution in [-0.4, -0.2) is 0 Å². The number of hydrogen-bond acceptors (Lipinski definition) is 4. The van der Waals surface area contributed by atoms with Gasteiger partial charge in [0.15, 0.2) is 0 Å². The number of nitrogens with zero attached hydrogens (tertiary/aromatic N) is 1. The monoisotopic (exact) mass is 647 g/mol. The molecule has 0 radical (unpaired) electrons. The summed E-state index contributed by atoms with van der Waals surface area (Å²) in [7, 11) is 0. The molecule has 0 bridgehead atoms. The first-order chi connectivity index (χ1) is 23.8. The van der Waals surface area contributed by atoms with E-state index in [-0.39, 0.29) is 0 Å². The van der Waals surface area contributed by atoms with Crippen LogP contribution in [0.15, 0.2) is 156 Å². The van der Waals surface area contributed by atoms with Crippen molar-refractivity contribution < 1.29 is 4.42 Å². The molecule has 8 aromatic carbocycles. The van der Waals surface area contributed by atoms with Gasteiger partial charge in [-0.2, -0.15) is 0 Å². The molecular formula is C44H25NOS2. The molecule has 0 fully saturated rings. The van der Waals surface area contributed by atoms with Crippen LogP contribution in [0.5, 0.6) is 0 Å². The van der Waals surface area contributed by atoms with E-state index in [1.165, 1.54) is 61.9 Å². The third-order valence-electron chi connectivity index (χ3n) is 9.80. The summed E-state index contributed by atoms with van der Waals surface area (Å²) in [6.07, 6.45) is 0. The first kappa shape index (κ1) is 26.4. The molecule has 0 N–H and O–H groups in total. The van der Waals surface area contributed by atoms with Gasteiger partial charge in [0.05, 0.1) is 0 Å². The van der Waals surface area contributed by atoms with Gasteiger partial charge in [0.1, 0.15) is 11.2 Å². The number of fused-ring (bicyclic) bond motifs is 13. The van der Waals surface area contributed by atoms with Crippen molar-refractivity contribution in [1.82, 2.24) is 0 Å². The van der Waals surface area contributed by atoms with Gasteiger partial charge >= 0.3 is 0 Å². The van der Waals surface area contributed by atoms with E-state index < -0.39 is 0 Å². The Balaban J connectivity index is 1.11. The molecule has 0 aliphatic heterocycles. The van der Waals surface area contributed by atoms with E-state index in [1.54, 1.807) is 0 Å². The van der Waals surface area contributed by atoms with Crippen LogP contribution in [0.1, 0.15) is 0 Å². The lowest BCUT2D eigenvalue weighted by Crippen LogP contribution is -2.09. The third-order valence-corrected chi connectivity index (χ3v) is 12.1. The second-order valence-corrected chi connectivity index (χ2v) is 14.6. The molecule has 224 valence electrons. The van der Waals surface area contributed by atoms with Gasteiger partial charge < -0.3 is 9.32 Å². The zero-order valence-electron chi connectivity index (χ0n) is 25.6. The maximum Gasteiger partial charge on any atom is 0.137 e. The fraction of sp³-hybridized carbons (Fsp3) is 0. The van der Waals surface area contributed by atoms with Crippen LogP contribution in [0.4, 0.5) is 17.1 Å². The van der Waals surface area contributed by atoms with Gasteiger partial charge in [-0.05, 0) is 82.2 Å². The van der Waals surface area contributed by atoms with E-state index >= 15 is 0 Å². The first-order valence-corrected chi connectivity index (χ1v) is 17.8. The molecule has 0 spiro atoms. The SMILES string of the molecule is c1ccc(N(c2ccc3c(c2)oc2cc4ccccc4cc23)c2ccc3c(c2)sc2ccc4sc5c6ccccc6ccc5c4c23)cc1. The fourth-order valence-corrected chi connectivity index (χ4v) is 10.00. The predicted octanol–water partition coefficient (Wildman–Crippen LogP) is 14.1. The normalized spacial score (nSPS) is 12.2. The van der Waals surface area contributed by atoms with Crippen LogP contribution in [0.3, 0.4) is 0 Å². The predicted molar refractivity (Wildman–Crippen MR) is 209 cm³/mol. The lowest BCUT2D eigenvalue weighted by Gasteiger charge is -2.25. The van der Waals surface area contributed by atoms with Crippen LogP contribution in [0.2, 0.25) is 0 Å². The largest absolute Gasteiger partial charge is 0.456 e. The van der Waals surface area contributed by atoms with Crippen molar-refractivity contribution >= 4 is 124 Å². The highest BCUT2D eigenvalue weighted by molar-refractivity contribution is 7.28. The van der Waals surface area contributed by atoms with E-state index in [0.29, 0.717) is 0 Å². The van der Waals surface area contributed by atoms with Crippen LogP contribution >= 0.6 is 22.7 Å². The number of benzene rings is 8. The molecular weight excluding hydrogens is 623 g/mol. The minimum absolute atomic E-state index is 0.890. The molecule has 0 saturated carbocycles. The maximum absolute atomic E-state index is 6.50. The molecule has 48 heavy (non-hydrogen) atoms. The average molecular weight is 648 g/mol. The lowest BCUT2D eigenvalue weighted by atomic mass is 10.0. The Bertz CT molecular complexity index is 3070. The van der Waals surface area contributed by atoms with Crippen molar-refractivity contribution in [2.45, 2.75) is 0 Å². The highest BCUT2D eigenvalue weighted by atomic mass is 32.1. The summed E-state index contributed by atoms with van der Waals surface area (Å²) in [6.45, 7) is 0. The van der Waals surface area contributed by atoms with Crippen molar-refractivity contribution in [3.8, 4) is 0 Å². The highest BCUT2D eigenvalue weighted by Crippen LogP contribution is 2.48. The molecule has 2 nitrogen and oxygen atoms in total. The summed E-state index contributed by atoms with van der Waals surface area (Å²) in [5, 5.41) is 12.7. The summed E-state index contributed by atoms with van der Waals surface area (Å²) in [5.74, 6) is 0. The minimum Gasteiger partial charge on any atom is -0.456 e. The van der Waals surface area contributed by atoms with E-state index in [2.05, 4.69) is 157 Å². The molecule has 11 aromatic rings. The number of furan rings is 1. The van der Waals surface area contributed by atoms with E-state index in [0.717, 1.165) is 39.0 Å². The molecule has 3 aromatic heterocycles. The molecule has 0 atom stereocenters. The fourth-order valence-electron chi connectivity index (χ4n) is 7.60. The molecule has 4 heteroatoms. The average Bonchev–Trinajstić information content (AvgIpc) is 3.81. The Labute approximate surface area is 283 Å². The van der Waals surface area contributed by atoms with E-state index in [1.807, 2.05) is 22.7 Å². The molecule has 0 amide bonds. The molecule has 0 saturated heterocycles. The molecule has 0 aliphatic carbocycles. The standard InChI is InChI=1S/C44H25NOS2/c1-2-11-29(12-3-1)45(30-15-18-33-36-22-27-9-4-5-10-28(27)23-37(36)46-38(33)24-30)31-16-19-34-41(25-31)47-39-20-21-40-43(42(34)39)35-17-14-26-8-6-7-13-32(26)44(35)48-40/h1-25H. The summed E-state index contributed by atoms with van der Waals surface area (Å²) in [6, 6.07) is 55.1. The number of thiophene rings is 2. The second kappa shape index (κ2) is 9.91. The second-order valence-electron chi connectivity index (χ2n) is 12.5. The third kappa shape index (κ3) is 3.79. The van der Waals surface area contributed by atoms with Crippen molar-refractivity contribution in [2.24, 2.45) is 0 Å². The van der Waals surface area contributed by atoms with E-state index in [4.69, 9.17) is 4.42 Å². The van der Waals surface area contributed by atoms with Gasteiger partial charge in [-0.25, -0.2) is 0 Å². The molecule has 3 heterocycles.